The van der Waals surface area contributed by atoms with Crippen molar-refractivity contribution in [3.8, 4) is 0 Å². The number of nitrogens with one attached hydrogen (secondary N) is 1. The molecule has 1 heterocycles. The fourth-order valence-corrected chi connectivity index (χ4v) is 1.12. The second kappa shape index (κ2) is 5.48. The Kier molecular flexibility index (Phi) is 4.27. The summed E-state index contributed by atoms with van der Waals surface area (Å²) in [6, 6.07) is 0. The zero-order valence-electron chi connectivity index (χ0n) is 9.41. The van der Waals surface area contributed by atoms with Crippen molar-refractivity contribution >= 4 is 5.97 Å². The van der Waals surface area contributed by atoms with Crippen LogP contribution in [0.5, 0.6) is 0 Å². The Labute approximate surface area is 89.2 Å². The van der Waals surface area contributed by atoms with Gasteiger partial charge in [0.15, 0.2) is 0 Å². The maximum atomic E-state index is 11.2. The monoisotopic (exact) mass is 211 g/mol. The molecule has 1 N–H and O–H groups in total. The number of esters is 1. The van der Waals surface area contributed by atoms with Crippen molar-refractivity contribution in [3.63, 3.8) is 0 Å². The number of H-pyrrole nitrogens is 1. The van der Waals surface area contributed by atoms with Crippen LogP contribution in [-0.2, 0) is 11.2 Å². The van der Waals surface area contributed by atoms with Gasteiger partial charge in [0, 0.05) is 6.42 Å². The van der Waals surface area contributed by atoms with Crippen molar-refractivity contribution in [2.45, 2.75) is 33.6 Å². The van der Waals surface area contributed by atoms with Gasteiger partial charge in [-0.15, -0.1) is 5.10 Å². The molecule has 0 atom stereocenters. The number of ether oxygens (including phenoxy) is 1. The van der Waals surface area contributed by atoms with Crippen LogP contribution in [0.2, 0.25) is 0 Å². The van der Waals surface area contributed by atoms with Crippen molar-refractivity contribution in [3.05, 3.63) is 11.6 Å². The quantitative estimate of drug-likeness (QED) is 0.750. The molecule has 0 saturated carbocycles. The molecule has 0 aromatic carbocycles. The number of hydrogen-bond donors (Lipinski definition) is 1. The van der Waals surface area contributed by atoms with Gasteiger partial charge in [-0.3, -0.25) is 5.10 Å². The molecule has 0 unspecified atom stereocenters. The number of carbonyl (C=O) groups excluding carboxylic acids is 1. The molecule has 0 aliphatic rings. The molecule has 0 saturated heterocycles. The van der Waals surface area contributed by atoms with Crippen LogP contribution in [0.15, 0.2) is 0 Å². The molecule has 0 bridgehead atoms. The average molecular weight is 211 g/mol. The van der Waals surface area contributed by atoms with Crippen molar-refractivity contribution in [1.29, 1.82) is 0 Å². The number of nitrogens with zero attached hydrogens (tertiary/aromatic N) is 2. The summed E-state index contributed by atoms with van der Waals surface area (Å²) in [5.74, 6) is 1.01. The van der Waals surface area contributed by atoms with E-state index in [1.807, 2.05) is 0 Å². The number of rotatable bonds is 5. The van der Waals surface area contributed by atoms with Gasteiger partial charge in [0.25, 0.3) is 5.82 Å². The Balaban J connectivity index is 2.52. The van der Waals surface area contributed by atoms with Gasteiger partial charge >= 0.3 is 5.97 Å². The van der Waals surface area contributed by atoms with Crippen molar-refractivity contribution < 1.29 is 9.53 Å². The van der Waals surface area contributed by atoms with E-state index in [0.29, 0.717) is 12.5 Å². The highest BCUT2D eigenvalue weighted by Crippen LogP contribution is 2.05. The van der Waals surface area contributed by atoms with Gasteiger partial charge in [-0.05, 0) is 19.3 Å². The smallest absolute Gasteiger partial charge is 0.378 e. The summed E-state index contributed by atoms with van der Waals surface area (Å²) in [5, 5.41) is 6.54. The SMILES string of the molecule is CCOC(=O)c1n[nH]c(CCC(C)C)n1. The van der Waals surface area contributed by atoms with Gasteiger partial charge in [0.05, 0.1) is 6.61 Å². The first-order valence-electron chi connectivity index (χ1n) is 5.21. The summed E-state index contributed by atoms with van der Waals surface area (Å²) < 4.78 is 4.78. The largest absolute Gasteiger partial charge is 0.460 e. The second-order valence-corrected chi connectivity index (χ2v) is 3.76. The lowest BCUT2D eigenvalue weighted by Gasteiger charge is -1.99. The van der Waals surface area contributed by atoms with E-state index in [1.165, 1.54) is 0 Å². The van der Waals surface area contributed by atoms with Gasteiger partial charge in [-0.25, -0.2) is 9.78 Å². The molecule has 0 spiro atoms. The van der Waals surface area contributed by atoms with Crippen LogP contribution >= 0.6 is 0 Å². The van der Waals surface area contributed by atoms with Crippen LogP contribution in [0.3, 0.4) is 0 Å². The van der Waals surface area contributed by atoms with E-state index in [1.54, 1.807) is 6.92 Å². The molecule has 0 radical (unpaired) electrons. The fraction of sp³-hybridized carbons (Fsp3) is 0.700. The minimum Gasteiger partial charge on any atom is -0.460 e. The van der Waals surface area contributed by atoms with Crippen molar-refractivity contribution in [2.24, 2.45) is 5.92 Å². The summed E-state index contributed by atoms with van der Waals surface area (Å²) in [4.78, 5) is 15.3. The third-order valence-electron chi connectivity index (χ3n) is 1.95. The normalized spacial score (nSPS) is 10.7. The predicted molar refractivity (Wildman–Crippen MR) is 55.5 cm³/mol. The molecule has 0 aliphatic heterocycles. The lowest BCUT2D eigenvalue weighted by Crippen LogP contribution is -2.06. The molecule has 1 rings (SSSR count). The molecule has 0 aliphatic carbocycles. The molecular weight excluding hydrogens is 194 g/mol. The Bertz CT molecular complexity index is 320. The predicted octanol–water partition coefficient (Wildman–Crippen LogP) is 1.57. The van der Waals surface area contributed by atoms with Crippen LogP contribution in [-0.4, -0.2) is 27.8 Å². The van der Waals surface area contributed by atoms with E-state index >= 15 is 0 Å². The molecule has 15 heavy (non-hydrogen) atoms. The molecule has 1 aromatic rings. The molecule has 84 valence electrons. The van der Waals surface area contributed by atoms with E-state index in [9.17, 15) is 4.79 Å². The van der Waals surface area contributed by atoms with Crippen LogP contribution in [0.1, 0.15) is 43.6 Å². The zero-order chi connectivity index (χ0) is 11.3. The number of aromatic nitrogens is 3. The highest BCUT2D eigenvalue weighted by atomic mass is 16.5. The highest BCUT2D eigenvalue weighted by Gasteiger charge is 2.13. The summed E-state index contributed by atoms with van der Waals surface area (Å²) >= 11 is 0. The van der Waals surface area contributed by atoms with E-state index in [2.05, 4.69) is 29.0 Å². The molecule has 5 heteroatoms. The highest BCUT2D eigenvalue weighted by molar-refractivity contribution is 5.84. The standard InChI is InChI=1S/C10H17N3O2/c1-4-15-10(14)9-11-8(12-13-9)6-5-7(2)3/h7H,4-6H2,1-3H3,(H,11,12,13). The molecule has 1 aromatic heterocycles. The average Bonchev–Trinajstić information content (AvgIpc) is 2.63. The summed E-state index contributed by atoms with van der Waals surface area (Å²) in [7, 11) is 0. The minimum atomic E-state index is -0.468. The van der Waals surface area contributed by atoms with Crippen molar-refractivity contribution in [2.75, 3.05) is 6.61 Å². The first-order chi connectivity index (χ1) is 7.13. The molecule has 5 nitrogen and oxygen atoms in total. The van der Waals surface area contributed by atoms with Crippen LogP contribution in [0.25, 0.3) is 0 Å². The molecule has 0 amide bonds. The first-order valence-corrected chi connectivity index (χ1v) is 5.21. The van der Waals surface area contributed by atoms with Gasteiger partial charge < -0.3 is 4.74 Å². The topological polar surface area (TPSA) is 67.9 Å². The number of hydrogen-bond acceptors (Lipinski definition) is 4. The number of carbonyl (C=O) groups is 1. The Hall–Kier alpha value is -1.39. The third kappa shape index (κ3) is 3.69. The first kappa shape index (κ1) is 11.7. The number of aryl methyl sites for hydroxylation is 1. The van der Waals surface area contributed by atoms with E-state index in [0.717, 1.165) is 18.7 Å². The third-order valence-corrected chi connectivity index (χ3v) is 1.95. The van der Waals surface area contributed by atoms with E-state index in [4.69, 9.17) is 4.74 Å². The van der Waals surface area contributed by atoms with Crippen LogP contribution in [0.4, 0.5) is 0 Å². The Morgan fingerprint density at radius 2 is 2.27 bits per heavy atom. The van der Waals surface area contributed by atoms with Crippen LogP contribution < -0.4 is 0 Å². The Morgan fingerprint density at radius 3 is 2.87 bits per heavy atom. The van der Waals surface area contributed by atoms with Gasteiger partial charge in [0.1, 0.15) is 5.82 Å². The van der Waals surface area contributed by atoms with Crippen molar-refractivity contribution in [1.82, 2.24) is 15.2 Å². The fourth-order valence-electron chi connectivity index (χ4n) is 1.12. The lowest BCUT2D eigenvalue weighted by atomic mass is 10.1. The summed E-state index contributed by atoms with van der Waals surface area (Å²) in [5.41, 5.74) is 0. The Morgan fingerprint density at radius 1 is 1.53 bits per heavy atom. The van der Waals surface area contributed by atoms with Gasteiger partial charge in [0.2, 0.25) is 0 Å². The van der Waals surface area contributed by atoms with Crippen LogP contribution in [0, 0.1) is 5.92 Å². The summed E-state index contributed by atoms with van der Waals surface area (Å²) in [6.45, 7) is 6.38. The second-order valence-electron chi connectivity index (χ2n) is 3.76. The zero-order valence-corrected chi connectivity index (χ0v) is 9.41. The minimum absolute atomic E-state index is 0.121. The number of aromatic amines is 1. The van der Waals surface area contributed by atoms with E-state index < -0.39 is 5.97 Å². The molecular formula is C10H17N3O2. The van der Waals surface area contributed by atoms with Gasteiger partial charge in [-0.2, -0.15) is 0 Å². The summed E-state index contributed by atoms with van der Waals surface area (Å²) in [6.07, 6.45) is 1.83. The lowest BCUT2D eigenvalue weighted by molar-refractivity contribution is 0.0512. The molecule has 0 fully saturated rings. The van der Waals surface area contributed by atoms with Gasteiger partial charge in [-0.1, -0.05) is 13.8 Å². The maximum Gasteiger partial charge on any atom is 0.378 e. The van der Waals surface area contributed by atoms with E-state index in [-0.39, 0.29) is 5.82 Å². The maximum absolute atomic E-state index is 11.2.